The molecule has 6 nitrogen and oxygen atoms in total. The molecule has 2 fully saturated rings. The second-order valence-electron chi connectivity index (χ2n) is 6.25. The lowest BCUT2D eigenvalue weighted by atomic mass is 10.1. The van der Waals surface area contributed by atoms with Gasteiger partial charge in [-0.15, -0.1) is 0 Å². The molecule has 2 aliphatic rings. The summed E-state index contributed by atoms with van der Waals surface area (Å²) in [6.45, 7) is 2.64. The number of nitrogens with zero attached hydrogens (tertiary/aromatic N) is 2. The van der Waals surface area contributed by atoms with E-state index in [9.17, 15) is 13.2 Å². The van der Waals surface area contributed by atoms with E-state index in [0.717, 1.165) is 38.8 Å². The third-order valence-electron chi connectivity index (χ3n) is 4.49. The highest BCUT2D eigenvalue weighted by Gasteiger charge is 2.30. The molecule has 0 saturated carbocycles. The molecule has 2 aliphatic heterocycles. The van der Waals surface area contributed by atoms with Gasteiger partial charge in [-0.25, -0.2) is 13.4 Å². The summed E-state index contributed by atoms with van der Waals surface area (Å²) in [4.78, 5) is 12.4. The van der Waals surface area contributed by atoms with E-state index < -0.39 is 10.0 Å². The summed E-state index contributed by atoms with van der Waals surface area (Å²) in [7, 11) is -3.65. The lowest BCUT2D eigenvalue weighted by Crippen LogP contribution is -2.45. The molecule has 0 atom stereocenters. The Labute approximate surface area is 147 Å². The van der Waals surface area contributed by atoms with E-state index in [1.54, 1.807) is 6.07 Å². The Morgan fingerprint density at radius 3 is 2.29 bits per heavy atom. The first kappa shape index (κ1) is 17.7. The molecular weight excluding hydrogens is 350 g/mol. The maximum Gasteiger partial charge on any atom is 0.265 e. The van der Waals surface area contributed by atoms with Crippen molar-refractivity contribution in [3.63, 3.8) is 0 Å². The summed E-state index contributed by atoms with van der Waals surface area (Å²) in [5, 5.41) is 2.03. The number of sulfonamides is 1. The van der Waals surface area contributed by atoms with Gasteiger partial charge in [0.25, 0.3) is 5.91 Å². The van der Waals surface area contributed by atoms with Crippen LogP contribution >= 0.6 is 11.6 Å². The maximum absolute atomic E-state index is 12.7. The highest BCUT2D eigenvalue weighted by Crippen LogP contribution is 2.28. The number of carbonyl (C=O) groups excluding carboxylic acids is 1. The van der Waals surface area contributed by atoms with Crippen molar-refractivity contribution >= 4 is 27.5 Å². The van der Waals surface area contributed by atoms with E-state index in [1.165, 1.54) is 22.9 Å². The van der Waals surface area contributed by atoms with Gasteiger partial charge in [0, 0.05) is 31.7 Å². The fourth-order valence-electron chi connectivity index (χ4n) is 3.12. The van der Waals surface area contributed by atoms with Crippen LogP contribution in [0, 0.1) is 0 Å². The topological polar surface area (TPSA) is 69.7 Å². The standard InChI is InChI=1S/C16H22ClN3O3S/c17-14-7-6-13(16(21)18-19-8-2-1-3-9-19)12-15(14)24(22,23)20-10-4-5-11-20/h6-7,12H,1-5,8-11H2,(H,18,21). The van der Waals surface area contributed by atoms with Crippen molar-refractivity contribution < 1.29 is 13.2 Å². The van der Waals surface area contributed by atoms with Gasteiger partial charge in [-0.3, -0.25) is 10.2 Å². The van der Waals surface area contributed by atoms with Gasteiger partial charge in [-0.1, -0.05) is 18.0 Å². The molecule has 0 aromatic heterocycles. The normalized spacial score (nSPS) is 20.2. The van der Waals surface area contributed by atoms with Gasteiger partial charge in [-0.05, 0) is 43.9 Å². The molecule has 0 bridgehead atoms. The van der Waals surface area contributed by atoms with Crippen LogP contribution in [0.25, 0.3) is 0 Å². The summed E-state index contributed by atoms with van der Waals surface area (Å²) in [5.41, 5.74) is 3.15. The molecule has 3 rings (SSSR count). The molecule has 2 heterocycles. The lowest BCUT2D eigenvalue weighted by molar-refractivity contribution is 0.0750. The van der Waals surface area contributed by atoms with Gasteiger partial charge >= 0.3 is 0 Å². The summed E-state index contributed by atoms with van der Waals surface area (Å²) < 4.78 is 26.9. The van der Waals surface area contributed by atoms with Gasteiger partial charge in [0.15, 0.2) is 0 Å². The van der Waals surface area contributed by atoms with Gasteiger partial charge in [-0.2, -0.15) is 4.31 Å². The van der Waals surface area contributed by atoms with Crippen molar-refractivity contribution in [1.29, 1.82) is 0 Å². The molecule has 0 spiro atoms. The second kappa shape index (κ2) is 7.39. The van der Waals surface area contributed by atoms with Crippen molar-refractivity contribution in [3.05, 3.63) is 28.8 Å². The van der Waals surface area contributed by atoms with E-state index in [1.807, 2.05) is 5.01 Å². The van der Waals surface area contributed by atoms with Crippen molar-refractivity contribution in [3.8, 4) is 0 Å². The zero-order chi connectivity index (χ0) is 17.2. The Morgan fingerprint density at radius 2 is 1.62 bits per heavy atom. The second-order valence-corrected chi connectivity index (χ2v) is 8.56. The predicted octanol–water partition coefficient (Wildman–Crippen LogP) is 2.26. The minimum atomic E-state index is -3.65. The highest BCUT2D eigenvalue weighted by molar-refractivity contribution is 7.89. The summed E-state index contributed by atoms with van der Waals surface area (Å²) >= 11 is 6.11. The minimum absolute atomic E-state index is 0.0114. The van der Waals surface area contributed by atoms with Crippen molar-refractivity contribution in [1.82, 2.24) is 14.7 Å². The number of hydrogen-bond donors (Lipinski definition) is 1. The molecule has 0 unspecified atom stereocenters. The minimum Gasteiger partial charge on any atom is -0.285 e. The Hall–Kier alpha value is -1.15. The molecule has 1 N–H and O–H groups in total. The van der Waals surface area contributed by atoms with E-state index in [0.29, 0.717) is 18.7 Å². The summed E-state index contributed by atoms with van der Waals surface area (Å²) in [5.74, 6) is -0.300. The Kier molecular flexibility index (Phi) is 5.44. The Balaban J connectivity index is 1.81. The third-order valence-corrected chi connectivity index (χ3v) is 6.87. The number of nitrogens with one attached hydrogen (secondary N) is 1. The van der Waals surface area contributed by atoms with E-state index in [-0.39, 0.29) is 15.8 Å². The first-order chi connectivity index (χ1) is 11.5. The van der Waals surface area contributed by atoms with Gasteiger partial charge < -0.3 is 0 Å². The van der Waals surface area contributed by atoms with Crippen LogP contribution in [0.15, 0.2) is 23.1 Å². The van der Waals surface area contributed by atoms with Crippen LogP contribution < -0.4 is 5.43 Å². The zero-order valence-corrected chi connectivity index (χ0v) is 15.1. The quantitative estimate of drug-likeness (QED) is 0.881. The van der Waals surface area contributed by atoms with Crippen LogP contribution in [-0.2, 0) is 10.0 Å². The fourth-order valence-corrected chi connectivity index (χ4v) is 5.14. The number of carbonyl (C=O) groups is 1. The zero-order valence-electron chi connectivity index (χ0n) is 13.5. The van der Waals surface area contributed by atoms with Crippen LogP contribution in [0.4, 0.5) is 0 Å². The van der Waals surface area contributed by atoms with Crippen LogP contribution in [0.5, 0.6) is 0 Å². The van der Waals surface area contributed by atoms with E-state index in [4.69, 9.17) is 11.6 Å². The van der Waals surface area contributed by atoms with E-state index in [2.05, 4.69) is 5.43 Å². The number of piperidine rings is 1. The van der Waals surface area contributed by atoms with Crippen molar-refractivity contribution in [2.75, 3.05) is 26.2 Å². The molecule has 0 radical (unpaired) electrons. The maximum atomic E-state index is 12.7. The Bertz CT molecular complexity index is 711. The molecule has 1 aromatic rings. The van der Waals surface area contributed by atoms with Crippen LogP contribution in [-0.4, -0.2) is 49.8 Å². The monoisotopic (exact) mass is 371 g/mol. The Morgan fingerprint density at radius 1 is 1.00 bits per heavy atom. The molecule has 1 amide bonds. The number of amides is 1. The third kappa shape index (κ3) is 3.74. The first-order valence-corrected chi connectivity index (χ1v) is 10.2. The molecule has 2 saturated heterocycles. The lowest BCUT2D eigenvalue weighted by Gasteiger charge is -2.27. The van der Waals surface area contributed by atoms with Crippen molar-refractivity contribution in [2.45, 2.75) is 37.0 Å². The smallest absolute Gasteiger partial charge is 0.265 e. The molecule has 1 aromatic carbocycles. The number of rotatable bonds is 4. The van der Waals surface area contributed by atoms with Gasteiger partial charge in [0.05, 0.1) is 5.02 Å². The molecule has 8 heteroatoms. The van der Waals surface area contributed by atoms with Crippen LogP contribution in [0.1, 0.15) is 42.5 Å². The largest absolute Gasteiger partial charge is 0.285 e. The summed E-state index contributed by atoms with van der Waals surface area (Å²) in [6.07, 6.45) is 4.98. The highest BCUT2D eigenvalue weighted by atomic mass is 35.5. The average Bonchev–Trinajstić information content (AvgIpc) is 3.11. The van der Waals surface area contributed by atoms with E-state index >= 15 is 0 Å². The van der Waals surface area contributed by atoms with Crippen LogP contribution in [0.3, 0.4) is 0 Å². The van der Waals surface area contributed by atoms with Crippen molar-refractivity contribution in [2.24, 2.45) is 0 Å². The average molecular weight is 372 g/mol. The molecular formula is C16H22ClN3O3S. The van der Waals surface area contributed by atoms with Crippen LogP contribution in [0.2, 0.25) is 5.02 Å². The van der Waals surface area contributed by atoms with Gasteiger partial charge in [0.2, 0.25) is 10.0 Å². The number of hydrazine groups is 1. The molecule has 132 valence electrons. The molecule has 24 heavy (non-hydrogen) atoms. The number of halogens is 1. The van der Waals surface area contributed by atoms with Gasteiger partial charge in [0.1, 0.15) is 4.90 Å². The number of benzene rings is 1. The summed E-state index contributed by atoms with van der Waals surface area (Å²) in [6, 6.07) is 4.43. The number of hydrogen-bond acceptors (Lipinski definition) is 4. The fraction of sp³-hybridized carbons (Fsp3) is 0.562. The first-order valence-electron chi connectivity index (χ1n) is 8.34. The molecule has 0 aliphatic carbocycles. The SMILES string of the molecule is O=C(NN1CCCCC1)c1ccc(Cl)c(S(=O)(=O)N2CCCC2)c1. The predicted molar refractivity (Wildman–Crippen MR) is 92.3 cm³/mol.